The molecule has 0 fully saturated rings. The van der Waals surface area contributed by atoms with Gasteiger partial charge in [-0.3, -0.25) is 0 Å². The molecule has 0 aromatic heterocycles. The minimum Gasteiger partial charge on any atom is -0.457 e. The molecule has 0 amide bonds. The lowest BCUT2D eigenvalue weighted by Gasteiger charge is -2.39. The normalized spacial score (nSPS) is 17.7. The molecular formula is C47H30O. The van der Waals surface area contributed by atoms with Gasteiger partial charge in [0.25, 0.3) is 0 Å². The first-order chi connectivity index (χ1) is 30.0. The molecule has 0 bridgehead atoms. The molecule has 0 atom stereocenters. The van der Waals surface area contributed by atoms with E-state index in [1.807, 2.05) is 84.9 Å². The number of ether oxygens (including phenoxy) is 1. The summed E-state index contributed by atoms with van der Waals surface area (Å²) >= 11 is 0. The maximum absolute atomic E-state index is 10.1. The molecule has 0 saturated carbocycles. The average Bonchev–Trinajstić information content (AvgIpc) is 3.60. The minimum absolute atomic E-state index is 0.0951. The summed E-state index contributed by atoms with van der Waals surface area (Å²) < 4.78 is 145. The lowest BCUT2D eigenvalue weighted by atomic mass is 9.66. The molecule has 1 heterocycles. The van der Waals surface area contributed by atoms with E-state index in [2.05, 4.69) is 0 Å². The van der Waals surface area contributed by atoms with Gasteiger partial charge in [-0.1, -0.05) is 163 Å². The molecule has 0 unspecified atom stereocenters. The topological polar surface area (TPSA) is 9.23 Å². The maximum Gasteiger partial charge on any atom is 0.132 e. The van der Waals surface area contributed by atoms with Crippen molar-refractivity contribution >= 4 is 10.8 Å². The van der Waals surface area contributed by atoms with E-state index < -0.39 is 130 Å². The Morgan fingerprint density at radius 2 is 1.08 bits per heavy atom. The quantitative estimate of drug-likeness (QED) is 0.190. The van der Waals surface area contributed by atoms with Crippen molar-refractivity contribution in [3.63, 3.8) is 0 Å². The third kappa shape index (κ3) is 3.79. The van der Waals surface area contributed by atoms with Gasteiger partial charge in [0.2, 0.25) is 0 Å². The summed E-state index contributed by atoms with van der Waals surface area (Å²) in [5, 5.41) is 1.78. The Kier molecular flexibility index (Phi) is 3.49. The Morgan fingerprint density at radius 3 is 1.90 bits per heavy atom. The molecule has 224 valence electrons. The molecule has 1 spiro atoms. The zero-order valence-electron chi connectivity index (χ0n) is 40.1. The van der Waals surface area contributed by atoms with Crippen molar-refractivity contribution in [1.82, 2.24) is 0 Å². The van der Waals surface area contributed by atoms with Crippen LogP contribution in [0, 0.1) is 0 Å². The Balaban J connectivity index is 1.43. The Morgan fingerprint density at radius 1 is 0.417 bits per heavy atom. The van der Waals surface area contributed by atoms with E-state index in [1.54, 1.807) is 6.07 Å². The van der Waals surface area contributed by atoms with Gasteiger partial charge >= 0.3 is 0 Å². The predicted octanol–water partition coefficient (Wildman–Crippen LogP) is 12.3. The van der Waals surface area contributed by atoms with Crippen molar-refractivity contribution in [3.05, 3.63) is 204 Å². The molecule has 2 aliphatic rings. The second-order valence-electron chi connectivity index (χ2n) is 11.7. The van der Waals surface area contributed by atoms with Crippen LogP contribution in [0.25, 0.3) is 55.3 Å². The predicted molar refractivity (Wildman–Crippen MR) is 198 cm³/mol. The second-order valence-corrected chi connectivity index (χ2v) is 11.7. The molecule has 0 N–H and O–H groups in total. The van der Waals surface area contributed by atoms with Crippen LogP contribution >= 0.6 is 0 Å². The van der Waals surface area contributed by atoms with Crippen LogP contribution in [0.2, 0.25) is 0 Å². The number of rotatable bonds is 3. The summed E-state index contributed by atoms with van der Waals surface area (Å²) in [4.78, 5) is 0. The van der Waals surface area contributed by atoms with Crippen LogP contribution in [0.15, 0.2) is 182 Å². The Bertz CT molecular complexity index is 3310. The van der Waals surface area contributed by atoms with Gasteiger partial charge in [0, 0.05) is 11.1 Å². The third-order valence-corrected chi connectivity index (χ3v) is 9.24. The molecule has 1 aliphatic heterocycles. The van der Waals surface area contributed by atoms with Crippen molar-refractivity contribution in [1.29, 1.82) is 0 Å². The third-order valence-electron chi connectivity index (χ3n) is 9.24. The number of benzene rings is 8. The Labute approximate surface area is 301 Å². The molecule has 0 saturated heterocycles. The molecular weight excluding hydrogens is 581 g/mol. The largest absolute Gasteiger partial charge is 0.457 e. The first-order valence-corrected chi connectivity index (χ1v) is 15.4. The monoisotopic (exact) mass is 625 g/mol. The van der Waals surface area contributed by atoms with E-state index in [1.165, 1.54) is 0 Å². The zero-order chi connectivity index (χ0) is 44.7. The van der Waals surface area contributed by atoms with E-state index >= 15 is 0 Å². The van der Waals surface area contributed by atoms with Gasteiger partial charge in [-0.15, -0.1) is 0 Å². The van der Waals surface area contributed by atoms with Crippen molar-refractivity contribution < 1.29 is 25.3 Å². The van der Waals surface area contributed by atoms with Crippen LogP contribution in [0.3, 0.4) is 0 Å². The molecule has 0 radical (unpaired) electrons. The molecule has 8 aromatic carbocycles. The molecule has 8 aromatic rings. The van der Waals surface area contributed by atoms with E-state index in [0.717, 1.165) is 21.9 Å². The van der Waals surface area contributed by atoms with Crippen LogP contribution in [-0.4, -0.2) is 0 Å². The molecule has 1 nitrogen and oxygen atoms in total. The summed E-state index contributed by atoms with van der Waals surface area (Å²) in [6, 6.07) is 17.7. The van der Waals surface area contributed by atoms with E-state index in [-0.39, 0.29) is 16.7 Å². The highest BCUT2D eigenvalue weighted by atomic mass is 16.5. The Hall–Kier alpha value is -6.18. The maximum atomic E-state index is 10.1. The highest BCUT2D eigenvalue weighted by Crippen LogP contribution is 2.62. The smallest absolute Gasteiger partial charge is 0.132 e. The van der Waals surface area contributed by atoms with Gasteiger partial charge in [-0.05, 0) is 84.6 Å². The van der Waals surface area contributed by atoms with Gasteiger partial charge in [0.15, 0.2) is 0 Å². The molecule has 1 heteroatoms. The van der Waals surface area contributed by atoms with Gasteiger partial charge in [0.05, 0.1) is 26.0 Å². The standard InChI is InChI=1S/C47H30O/c1-2-13-31(14-3-1)33-25-27-37(36-20-12-16-32-15-4-5-17-35(32)36)40(29-33)34-26-28-44-46(30-34)48-45-24-11-10-23-43(45)47(44)41-21-8-6-18-38(41)39-19-7-9-22-42(39)47/h1-30H/i6D,7D,8D,9D,10D,11D,18D,19D,21D,22D,23D,24D,26D,28D,30D. The van der Waals surface area contributed by atoms with Gasteiger partial charge in [-0.2, -0.15) is 0 Å². The summed E-state index contributed by atoms with van der Waals surface area (Å²) in [6.07, 6.45) is 0. The van der Waals surface area contributed by atoms with Crippen molar-refractivity contribution in [3.8, 4) is 56.0 Å². The van der Waals surface area contributed by atoms with Crippen LogP contribution in [-0.2, 0) is 5.41 Å². The number of hydrogen-bond acceptors (Lipinski definition) is 1. The van der Waals surface area contributed by atoms with Gasteiger partial charge < -0.3 is 4.74 Å². The summed E-state index contributed by atoms with van der Waals surface area (Å²) in [6.45, 7) is 0. The first-order valence-electron chi connectivity index (χ1n) is 22.9. The number of fused-ring (bicyclic) bond motifs is 10. The van der Waals surface area contributed by atoms with E-state index in [9.17, 15) is 9.60 Å². The molecule has 1 aliphatic carbocycles. The fraction of sp³-hybridized carbons (Fsp3) is 0.0213. The molecule has 10 rings (SSSR count). The minimum atomic E-state index is -2.57. The van der Waals surface area contributed by atoms with Gasteiger partial charge in [-0.25, -0.2) is 0 Å². The number of hydrogen-bond donors (Lipinski definition) is 0. The highest BCUT2D eigenvalue weighted by molar-refractivity contribution is 6.01. The fourth-order valence-electron chi connectivity index (χ4n) is 7.18. The first kappa shape index (κ1) is 16.1. The van der Waals surface area contributed by atoms with E-state index in [0.29, 0.717) is 16.7 Å². The highest BCUT2D eigenvalue weighted by Gasteiger charge is 2.50. The van der Waals surface area contributed by atoms with Crippen LogP contribution < -0.4 is 4.74 Å². The lowest BCUT2D eigenvalue weighted by molar-refractivity contribution is 0.436. The van der Waals surface area contributed by atoms with E-state index in [4.69, 9.17) is 15.7 Å². The average molecular weight is 626 g/mol. The second kappa shape index (κ2) is 10.4. The SMILES string of the molecule is [2H]c1c([2H])c([2H])c2c(c1[2H])Oc1c([2H])c(-c3cc(-c4ccccc4)ccc3-c3cccc4ccccc34)c([2H])c([2H])c1C21c2c([2H])c([2H])c([2H])c([2H])c2-c2c([2H])c([2H])c([2H])c([2H])c21. The fourth-order valence-corrected chi connectivity index (χ4v) is 7.18. The summed E-state index contributed by atoms with van der Waals surface area (Å²) in [7, 11) is 0. The summed E-state index contributed by atoms with van der Waals surface area (Å²) in [5.74, 6) is -1.06. The number of para-hydroxylation sites is 1. The van der Waals surface area contributed by atoms with Crippen molar-refractivity contribution in [2.75, 3.05) is 0 Å². The zero-order valence-corrected chi connectivity index (χ0v) is 25.1. The lowest BCUT2D eigenvalue weighted by Crippen LogP contribution is -2.32. The van der Waals surface area contributed by atoms with Crippen molar-refractivity contribution in [2.45, 2.75) is 5.41 Å². The van der Waals surface area contributed by atoms with Gasteiger partial charge in [0.1, 0.15) is 11.5 Å². The van der Waals surface area contributed by atoms with Crippen molar-refractivity contribution in [2.24, 2.45) is 0 Å². The van der Waals surface area contributed by atoms with Crippen LogP contribution in [0.4, 0.5) is 0 Å². The molecule has 48 heavy (non-hydrogen) atoms. The van der Waals surface area contributed by atoms with Crippen LogP contribution in [0.5, 0.6) is 11.5 Å². The summed E-state index contributed by atoms with van der Waals surface area (Å²) in [5.41, 5.74) is -1.99. The van der Waals surface area contributed by atoms with Crippen LogP contribution in [0.1, 0.15) is 42.8 Å².